The zero-order valence-electron chi connectivity index (χ0n) is 6.71. The molecule has 0 aromatic heterocycles. The lowest BCUT2D eigenvalue weighted by atomic mass is 10.1. The molecule has 0 aromatic carbocycles. The van der Waals surface area contributed by atoms with Gasteiger partial charge in [0, 0.05) is 19.8 Å². The average Bonchev–Trinajstić information content (AvgIpc) is 2.68. The van der Waals surface area contributed by atoms with Crippen LogP contribution in [0.4, 0.5) is 4.39 Å². The average molecular weight is 172 g/mol. The number of hydrogen-bond acceptors (Lipinski definition) is 4. The number of halogens is 1. The number of Topliss-reactive ketones (excluding diaryl/α,β-unsaturated/α-hetero) is 2. The van der Waals surface area contributed by atoms with E-state index in [1.54, 1.807) is 0 Å². The van der Waals surface area contributed by atoms with Crippen molar-refractivity contribution < 1.29 is 14.0 Å². The van der Waals surface area contributed by atoms with Crippen molar-refractivity contribution in [1.82, 2.24) is 0 Å². The maximum absolute atomic E-state index is 12.6. The van der Waals surface area contributed by atoms with Gasteiger partial charge in [-0.25, -0.2) is 0 Å². The topological polar surface area (TPSA) is 58.9 Å². The van der Waals surface area contributed by atoms with E-state index >= 15 is 0 Å². The van der Waals surface area contributed by atoms with Crippen LogP contribution in [-0.4, -0.2) is 17.5 Å². The van der Waals surface area contributed by atoms with Crippen LogP contribution in [0.2, 0.25) is 0 Å². The molecule has 0 bridgehead atoms. The Labute approximate surface area is 68.9 Å². The summed E-state index contributed by atoms with van der Waals surface area (Å²) < 4.78 is 12.6. The van der Waals surface area contributed by atoms with Gasteiger partial charge in [0.25, 0.3) is 0 Å². The largest absolute Gasteiger partial charge is 0.328 e. The zero-order valence-corrected chi connectivity index (χ0v) is 6.71. The number of carbonyl (C=O) groups is 2. The molecule has 5 heteroatoms. The summed E-state index contributed by atoms with van der Waals surface area (Å²) in [5.41, 5.74) is 0. The number of rotatable bonds is 5. The van der Waals surface area contributed by atoms with Crippen molar-refractivity contribution in [2.75, 3.05) is 0 Å². The van der Waals surface area contributed by atoms with E-state index in [0.717, 1.165) is 0 Å². The summed E-state index contributed by atoms with van der Waals surface area (Å²) in [4.78, 5) is 21.1. The third-order valence-electron chi connectivity index (χ3n) is 1.61. The Kier molecular flexibility index (Phi) is 2.30. The van der Waals surface area contributed by atoms with Gasteiger partial charge in [-0.15, -0.1) is 10.2 Å². The Morgan fingerprint density at radius 2 is 2.00 bits per heavy atom. The number of alkyl halides is 1. The van der Waals surface area contributed by atoms with Crippen LogP contribution in [0.15, 0.2) is 10.2 Å². The van der Waals surface area contributed by atoms with Crippen LogP contribution in [0.5, 0.6) is 0 Å². The van der Waals surface area contributed by atoms with Crippen molar-refractivity contribution in [3.63, 3.8) is 0 Å². The van der Waals surface area contributed by atoms with Gasteiger partial charge in [-0.1, -0.05) is 0 Å². The molecule has 12 heavy (non-hydrogen) atoms. The molecule has 1 aliphatic rings. The quantitative estimate of drug-likeness (QED) is 0.465. The number of carbonyl (C=O) groups excluding carboxylic acids is 2. The molecule has 4 nitrogen and oxygen atoms in total. The molecule has 0 spiro atoms. The van der Waals surface area contributed by atoms with Crippen molar-refractivity contribution in [1.29, 1.82) is 0 Å². The summed E-state index contributed by atoms with van der Waals surface area (Å²) in [5.74, 6) is -2.68. The van der Waals surface area contributed by atoms with E-state index in [1.165, 1.54) is 6.92 Å². The first-order chi connectivity index (χ1) is 5.53. The molecule has 1 rings (SSSR count). The molecular weight excluding hydrogens is 163 g/mol. The minimum atomic E-state index is -1.74. The van der Waals surface area contributed by atoms with Gasteiger partial charge in [-0.3, -0.25) is 9.59 Å². The maximum atomic E-state index is 12.6. The van der Waals surface area contributed by atoms with Gasteiger partial charge in [0.05, 0.1) is 0 Å². The smallest absolute Gasteiger partial charge is 0.291 e. The van der Waals surface area contributed by atoms with Crippen LogP contribution >= 0.6 is 0 Å². The highest BCUT2D eigenvalue weighted by molar-refractivity contribution is 6.36. The van der Waals surface area contributed by atoms with Crippen molar-refractivity contribution >= 4 is 11.6 Å². The number of ketones is 2. The van der Waals surface area contributed by atoms with E-state index in [1.807, 2.05) is 0 Å². The highest BCUT2D eigenvalue weighted by Gasteiger charge is 2.39. The van der Waals surface area contributed by atoms with E-state index < -0.39 is 17.5 Å². The Bertz CT molecular complexity index is 244. The first-order valence-electron chi connectivity index (χ1n) is 3.70. The van der Waals surface area contributed by atoms with Crippen LogP contribution in [0.3, 0.4) is 0 Å². The predicted molar refractivity (Wildman–Crippen MR) is 38.2 cm³/mol. The molecule has 0 saturated heterocycles. The van der Waals surface area contributed by atoms with Crippen molar-refractivity contribution in [3.05, 3.63) is 0 Å². The monoisotopic (exact) mass is 172 g/mol. The van der Waals surface area contributed by atoms with Crippen molar-refractivity contribution in [2.24, 2.45) is 10.2 Å². The Hall–Kier alpha value is -1.13. The highest BCUT2D eigenvalue weighted by Crippen LogP contribution is 2.34. The zero-order chi connectivity index (χ0) is 9.19. The Morgan fingerprint density at radius 3 is 2.42 bits per heavy atom. The van der Waals surface area contributed by atoms with E-state index in [2.05, 4.69) is 10.2 Å². The normalized spacial score (nSPS) is 17.5. The van der Waals surface area contributed by atoms with Gasteiger partial charge in [0.15, 0.2) is 11.6 Å². The number of hydrogen-bond donors (Lipinski definition) is 0. The summed E-state index contributed by atoms with van der Waals surface area (Å²) in [6.07, 6.45) is 0.514. The molecule has 66 valence electrons. The van der Waals surface area contributed by atoms with E-state index in [9.17, 15) is 14.0 Å². The molecule has 1 heterocycles. The van der Waals surface area contributed by atoms with Crippen LogP contribution in [0.1, 0.15) is 26.2 Å². The van der Waals surface area contributed by atoms with Crippen LogP contribution in [0, 0.1) is 0 Å². The second kappa shape index (κ2) is 3.08. The molecule has 0 aliphatic carbocycles. The third-order valence-corrected chi connectivity index (χ3v) is 1.61. The van der Waals surface area contributed by atoms with Gasteiger partial charge in [-0.2, -0.15) is 4.39 Å². The van der Waals surface area contributed by atoms with E-state index in [4.69, 9.17) is 0 Å². The van der Waals surface area contributed by atoms with Gasteiger partial charge in [-0.05, 0) is 6.42 Å². The summed E-state index contributed by atoms with van der Waals surface area (Å²) in [5, 5.41) is 6.28. The summed E-state index contributed by atoms with van der Waals surface area (Å²) in [7, 11) is 0. The van der Waals surface area contributed by atoms with E-state index in [0.29, 0.717) is 6.42 Å². The van der Waals surface area contributed by atoms with Crippen molar-refractivity contribution in [2.45, 2.75) is 32.1 Å². The standard InChI is InChI=1S/C7H9FN2O2/c1-5(11)6(12)3-2-4-7(8)9-10-7/h2-4H2,1H3. The lowest BCUT2D eigenvalue weighted by Crippen LogP contribution is -2.10. The molecule has 0 aromatic rings. The summed E-state index contributed by atoms with van der Waals surface area (Å²) >= 11 is 0. The lowest BCUT2D eigenvalue weighted by molar-refractivity contribution is -0.135. The fourth-order valence-electron chi connectivity index (χ4n) is 0.804. The van der Waals surface area contributed by atoms with Gasteiger partial charge in [0.2, 0.25) is 0 Å². The highest BCUT2D eigenvalue weighted by atomic mass is 19.2. The Balaban J connectivity index is 2.10. The first kappa shape index (κ1) is 8.96. The number of nitrogens with zero attached hydrogens (tertiary/aromatic N) is 2. The van der Waals surface area contributed by atoms with Crippen molar-refractivity contribution in [3.8, 4) is 0 Å². The van der Waals surface area contributed by atoms with Gasteiger partial charge >= 0.3 is 5.92 Å². The minimum absolute atomic E-state index is 0.0893. The molecule has 0 fully saturated rings. The summed E-state index contributed by atoms with van der Waals surface area (Å²) in [6.45, 7) is 1.21. The van der Waals surface area contributed by atoms with Crippen LogP contribution in [-0.2, 0) is 9.59 Å². The minimum Gasteiger partial charge on any atom is -0.291 e. The Morgan fingerprint density at radius 1 is 1.42 bits per heavy atom. The molecule has 0 radical (unpaired) electrons. The molecule has 0 atom stereocenters. The molecule has 0 saturated carbocycles. The van der Waals surface area contributed by atoms with Crippen LogP contribution < -0.4 is 0 Å². The first-order valence-corrected chi connectivity index (χ1v) is 3.70. The maximum Gasteiger partial charge on any atom is 0.328 e. The fraction of sp³-hybridized carbons (Fsp3) is 0.714. The molecular formula is C7H9FN2O2. The summed E-state index contributed by atoms with van der Waals surface area (Å²) in [6, 6.07) is 0. The third kappa shape index (κ3) is 2.48. The molecule has 0 unspecified atom stereocenters. The van der Waals surface area contributed by atoms with Crippen LogP contribution in [0.25, 0.3) is 0 Å². The van der Waals surface area contributed by atoms with E-state index in [-0.39, 0.29) is 12.8 Å². The van der Waals surface area contributed by atoms with Gasteiger partial charge < -0.3 is 0 Å². The second-order valence-electron chi connectivity index (χ2n) is 2.75. The molecule has 0 amide bonds. The molecule has 1 aliphatic heterocycles. The second-order valence-corrected chi connectivity index (χ2v) is 2.75. The lowest BCUT2D eigenvalue weighted by Gasteiger charge is -1.97. The SMILES string of the molecule is CC(=O)C(=O)CCCC1(F)N=N1. The van der Waals surface area contributed by atoms with Gasteiger partial charge in [0.1, 0.15) is 0 Å². The predicted octanol–water partition coefficient (Wildman–Crippen LogP) is 1.40. The fourth-order valence-corrected chi connectivity index (χ4v) is 0.804. The molecule has 0 N–H and O–H groups in total.